The van der Waals surface area contributed by atoms with Gasteiger partial charge in [-0.2, -0.15) is 10.2 Å². The number of hydrogen-bond donors (Lipinski definition) is 0. The smallest absolute Gasteiger partial charge is 0.274 e. The van der Waals surface area contributed by atoms with E-state index in [0.29, 0.717) is 36.0 Å². The molecular formula is C31H29BrClN7O. The van der Waals surface area contributed by atoms with E-state index in [-0.39, 0.29) is 5.91 Å². The number of aromatic nitrogens is 5. The normalized spacial score (nSPS) is 13.6. The van der Waals surface area contributed by atoms with Crippen molar-refractivity contribution in [3.63, 3.8) is 0 Å². The van der Waals surface area contributed by atoms with Crippen molar-refractivity contribution in [2.45, 2.75) is 20.4 Å². The van der Waals surface area contributed by atoms with Gasteiger partial charge in [-0.15, -0.1) is 0 Å². The van der Waals surface area contributed by atoms with E-state index in [4.69, 9.17) is 16.7 Å². The lowest BCUT2D eigenvalue weighted by Gasteiger charge is -2.37. The molecule has 6 rings (SSSR count). The average Bonchev–Trinajstić information content (AvgIpc) is 3.63. The molecule has 1 saturated heterocycles. The molecule has 0 unspecified atom stereocenters. The molecule has 0 aliphatic carbocycles. The number of rotatable bonds is 6. The summed E-state index contributed by atoms with van der Waals surface area (Å²) in [4.78, 5) is 22.6. The molecule has 0 N–H and O–H groups in total. The number of nitrogens with zero attached hydrogens (tertiary/aromatic N) is 7. The van der Waals surface area contributed by atoms with Gasteiger partial charge in [-0.1, -0.05) is 63.9 Å². The number of carbonyl (C=O) groups is 1. The third-order valence-corrected chi connectivity index (χ3v) is 8.50. The molecular weight excluding hydrogens is 602 g/mol. The van der Waals surface area contributed by atoms with Gasteiger partial charge in [0.25, 0.3) is 5.91 Å². The van der Waals surface area contributed by atoms with Gasteiger partial charge in [-0.25, -0.2) is 14.3 Å². The number of aryl methyl sites for hydroxylation is 1. The average molecular weight is 631 g/mol. The molecule has 208 valence electrons. The van der Waals surface area contributed by atoms with E-state index in [1.165, 1.54) is 23.1 Å². The Bertz CT molecular complexity index is 1690. The maximum atomic E-state index is 14.2. The lowest BCUT2D eigenvalue weighted by Crippen LogP contribution is -2.49. The SMILES string of the molecule is Cc1cccc(N2CCN(C(=O)c3nn(-c4ccccc4Cl)c(-c4ccc(Br)cc4)c3Cn3cncn3)CC2)c1C. The van der Waals surface area contributed by atoms with Gasteiger partial charge in [-0.05, 0) is 55.3 Å². The number of anilines is 1. The predicted octanol–water partition coefficient (Wildman–Crippen LogP) is 6.17. The predicted molar refractivity (Wildman–Crippen MR) is 165 cm³/mol. The number of amides is 1. The maximum absolute atomic E-state index is 14.2. The highest BCUT2D eigenvalue weighted by atomic mass is 79.9. The van der Waals surface area contributed by atoms with Gasteiger partial charge < -0.3 is 9.80 Å². The summed E-state index contributed by atoms with van der Waals surface area (Å²) in [6.07, 6.45) is 3.14. The van der Waals surface area contributed by atoms with Crippen molar-refractivity contribution in [1.82, 2.24) is 29.4 Å². The summed E-state index contributed by atoms with van der Waals surface area (Å²) in [5.74, 6) is -0.107. The van der Waals surface area contributed by atoms with Gasteiger partial charge in [0.1, 0.15) is 12.7 Å². The highest BCUT2D eigenvalue weighted by Crippen LogP contribution is 2.34. The zero-order chi connectivity index (χ0) is 28.5. The molecule has 0 spiro atoms. The molecule has 8 nitrogen and oxygen atoms in total. The van der Waals surface area contributed by atoms with E-state index in [9.17, 15) is 4.79 Å². The van der Waals surface area contributed by atoms with Crippen LogP contribution in [0.5, 0.6) is 0 Å². The van der Waals surface area contributed by atoms with Crippen molar-refractivity contribution in [3.05, 3.63) is 111 Å². The van der Waals surface area contributed by atoms with Crippen molar-refractivity contribution in [2.75, 3.05) is 31.1 Å². The molecule has 41 heavy (non-hydrogen) atoms. The van der Waals surface area contributed by atoms with Crippen LogP contribution in [-0.2, 0) is 6.54 Å². The first-order valence-electron chi connectivity index (χ1n) is 13.5. The Morgan fingerprint density at radius 2 is 1.66 bits per heavy atom. The first kappa shape index (κ1) is 27.2. The molecule has 3 heterocycles. The van der Waals surface area contributed by atoms with Gasteiger partial charge in [0, 0.05) is 47.5 Å². The fourth-order valence-electron chi connectivity index (χ4n) is 5.33. The third kappa shape index (κ3) is 5.39. The van der Waals surface area contributed by atoms with Crippen LogP contribution in [0.1, 0.15) is 27.2 Å². The third-order valence-electron chi connectivity index (χ3n) is 7.65. The Hall–Kier alpha value is -3.95. The first-order valence-corrected chi connectivity index (χ1v) is 14.6. The minimum atomic E-state index is -0.107. The van der Waals surface area contributed by atoms with Gasteiger partial charge >= 0.3 is 0 Å². The first-order chi connectivity index (χ1) is 19.9. The Morgan fingerprint density at radius 1 is 0.927 bits per heavy atom. The molecule has 0 bridgehead atoms. The maximum Gasteiger partial charge on any atom is 0.274 e. The molecule has 1 aliphatic heterocycles. The zero-order valence-electron chi connectivity index (χ0n) is 22.8. The molecule has 0 radical (unpaired) electrons. The summed E-state index contributed by atoms with van der Waals surface area (Å²) in [6.45, 7) is 7.32. The quantitative estimate of drug-likeness (QED) is 0.224. The molecule has 0 atom stereocenters. The molecule has 10 heteroatoms. The molecule has 1 fully saturated rings. The van der Waals surface area contributed by atoms with E-state index in [1.54, 1.807) is 15.7 Å². The van der Waals surface area contributed by atoms with Crippen LogP contribution in [0.2, 0.25) is 5.02 Å². The van der Waals surface area contributed by atoms with Crippen LogP contribution in [0.4, 0.5) is 5.69 Å². The van der Waals surface area contributed by atoms with Crippen LogP contribution >= 0.6 is 27.5 Å². The number of para-hydroxylation sites is 1. The Kier molecular flexibility index (Phi) is 7.64. The van der Waals surface area contributed by atoms with Gasteiger partial charge in [-0.3, -0.25) is 4.79 Å². The van der Waals surface area contributed by atoms with Crippen molar-refractivity contribution >= 4 is 39.1 Å². The summed E-state index contributed by atoms with van der Waals surface area (Å²) in [5, 5.41) is 9.83. The number of halogens is 2. The zero-order valence-corrected chi connectivity index (χ0v) is 25.2. The van der Waals surface area contributed by atoms with Crippen molar-refractivity contribution in [3.8, 4) is 16.9 Å². The summed E-state index contributed by atoms with van der Waals surface area (Å²) >= 11 is 10.2. The molecule has 3 aromatic carbocycles. The largest absolute Gasteiger partial charge is 0.368 e. The summed E-state index contributed by atoms with van der Waals surface area (Å²) < 4.78 is 4.46. The monoisotopic (exact) mass is 629 g/mol. The number of benzene rings is 3. The summed E-state index contributed by atoms with van der Waals surface area (Å²) in [7, 11) is 0. The second-order valence-electron chi connectivity index (χ2n) is 10.1. The highest BCUT2D eigenvalue weighted by Gasteiger charge is 2.31. The van der Waals surface area contributed by atoms with Gasteiger partial charge in [0.15, 0.2) is 5.69 Å². The molecule has 5 aromatic rings. The van der Waals surface area contributed by atoms with Crippen LogP contribution in [0.25, 0.3) is 16.9 Å². The number of carbonyl (C=O) groups excluding carboxylic acids is 1. The van der Waals surface area contributed by atoms with E-state index >= 15 is 0 Å². The minimum absolute atomic E-state index is 0.107. The fraction of sp³-hybridized carbons (Fsp3) is 0.226. The molecule has 0 saturated carbocycles. The minimum Gasteiger partial charge on any atom is -0.368 e. The lowest BCUT2D eigenvalue weighted by molar-refractivity contribution is 0.0739. The highest BCUT2D eigenvalue weighted by molar-refractivity contribution is 9.10. The summed E-state index contributed by atoms with van der Waals surface area (Å²) in [5.41, 5.74) is 7.32. The fourth-order valence-corrected chi connectivity index (χ4v) is 5.81. The molecule has 1 amide bonds. The topological polar surface area (TPSA) is 72.1 Å². The standard InChI is InChI=1S/C31H29BrClN7O/c1-21-6-5-9-27(22(21)2)37-14-16-38(17-15-37)31(41)29-25(18-39-20-34-19-35-39)30(23-10-12-24(32)13-11-23)40(36-29)28-8-4-3-7-26(28)33/h3-13,19-20H,14-18H2,1-2H3. The Morgan fingerprint density at radius 3 is 2.37 bits per heavy atom. The van der Waals surface area contributed by atoms with Crippen LogP contribution in [0.15, 0.2) is 83.9 Å². The van der Waals surface area contributed by atoms with Crippen LogP contribution < -0.4 is 4.90 Å². The second-order valence-corrected chi connectivity index (χ2v) is 11.5. The Labute approximate surface area is 252 Å². The van der Waals surface area contributed by atoms with Gasteiger partial charge in [0.05, 0.1) is 22.9 Å². The van der Waals surface area contributed by atoms with E-state index < -0.39 is 0 Å². The summed E-state index contributed by atoms with van der Waals surface area (Å²) in [6, 6.07) is 21.9. The van der Waals surface area contributed by atoms with Crippen molar-refractivity contribution in [2.24, 2.45) is 0 Å². The van der Waals surface area contributed by atoms with Gasteiger partial charge in [0.2, 0.25) is 0 Å². The number of hydrogen-bond acceptors (Lipinski definition) is 5. The van der Waals surface area contributed by atoms with Crippen LogP contribution in [-0.4, -0.2) is 61.5 Å². The number of piperazine rings is 1. The van der Waals surface area contributed by atoms with Crippen molar-refractivity contribution in [1.29, 1.82) is 0 Å². The van der Waals surface area contributed by atoms with E-state index in [0.717, 1.165) is 34.4 Å². The van der Waals surface area contributed by atoms with Crippen LogP contribution in [0.3, 0.4) is 0 Å². The molecule has 1 aliphatic rings. The van der Waals surface area contributed by atoms with E-state index in [1.807, 2.05) is 53.4 Å². The second kappa shape index (κ2) is 11.5. The van der Waals surface area contributed by atoms with Crippen LogP contribution in [0, 0.1) is 13.8 Å². The lowest BCUT2D eigenvalue weighted by atomic mass is 10.0. The Balaban J connectivity index is 1.41. The van der Waals surface area contributed by atoms with E-state index in [2.05, 4.69) is 63.0 Å². The van der Waals surface area contributed by atoms with Crippen molar-refractivity contribution < 1.29 is 4.79 Å². The molecule has 2 aromatic heterocycles.